The number of benzene rings is 2. The fourth-order valence-corrected chi connectivity index (χ4v) is 2.98. The molecule has 0 bridgehead atoms. The minimum absolute atomic E-state index is 0.0698. The van der Waals surface area contributed by atoms with E-state index < -0.39 is 18.3 Å². The Morgan fingerprint density at radius 3 is 2.67 bits per heavy atom. The quantitative estimate of drug-likeness (QED) is 0.706. The van der Waals surface area contributed by atoms with Crippen LogP contribution in [0.25, 0.3) is 0 Å². The summed E-state index contributed by atoms with van der Waals surface area (Å²) in [6.07, 6.45) is -0.536. The van der Waals surface area contributed by atoms with Gasteiger partial charge in [0.2, 0.25) is 0 Å². The van der Waals surface area contributed by atoms with Crippen LogP contribution in [0.1, 0.15) is 25.2 Å². The first-order valence-corrected chi connectivity index (χ1v) is 9.18. The summed E-state index contributed by atoms with van der Waals surface area (Å²) in [7, 11) is 0. The molecular formula is C19H19Cl2NO5. The lowest BCUT2D eigenvalue weighted by Gasteiger charge is -2.24. The zero-order valence-electron chi connectivity index (χ0n) is 14.6. The molecule has 1 amide bonds. The summed E-state index contributed by atoms with van der Waals surface area (Å²) < 4.78 is 16.7. The maximum Gasteiger partial charge on any atom is 0.265 e. The molecule has 2 aromatic rings. The van der Waals surface area contributed by atoms with Gasteiger partial charge in [0, 0.05) is 10.6 Å². The third-order valence-corrected chi connectivity index (χ3v) is 4.48. The number of amides is 1. The lowest BCUT2D eigenvalue weighted by molar-refractivity contribution is -0.183. The molecule has 1 aliphatic heterocycles. The number of phenols is 1. The van der Waals surface area contributed by atoms with Crippen LogP contribution in [0, 0.1) is 0 Å². The van der Waals surface area contributed by atoms with Crippen LogP contribution in [-0.2, 0) is 14.3 Å². The number of ether oxygens (including phenoxy) is 3. The highest BCUT2D eigenvalue weighted by Crippen LogP contribution is 2.31. The number of hydrogen-bond acceptors (Lipinski definition) is 5. The second-order valence-corrected chi connectivity index (χ2v) is 6.87. The van der Waals surface area contributed by atoms with Gasteiger partial charge in [-0.15, -0.1) is 0 Å². The average molecular weight is 412 g/mol. The van der Waals surface area contributed by atoms with Gasteiger partial charge in [-0.2, -0.15) is 0 Å². The molecule has 1 saturated heterocycles. The highest BCUT2D eigenvalue weighted by atomic mass is 35.5. The zero-order valence-corrected chi connectivity index (χ0v) is 16.1. The van der Waals surface area contributed by atoms with Gasteiger partial charge in [-0.1, -0.05) is 29.3 Å². The number of anilines is 1. The molecule has 0 aliphatic carbocycles. The van der Waals surface area contributed by atoms with Gasteiger partial charge in [0.1, 0.15) is 11.5 Å². The van der Waals surface area contributed by atoms with Crippen molar-refractivity contribution in [1.82, 2.24) is 0 Å². The van der Waals surface area contributed by atoms with Crippen LogP contribution in [0.3, 0.4) is 0 Å². The predicted octanol–water partition coefficient (Wildman–Crippen LogP) is 4.54. The molecule has 0 saturated carbocycles. The third-order valence-electron chi connectivity index (χ3n) is 3.94. The molecule has 27 heavy (non-hydrogen) atoms. The van der Waals surface area contributed by atoms with E-state index >= 15 is 0 Å². The topological polar surface area (TPSA) is 77.0 Å². The molecular weight excluding hydrogens is 393 g/mol. The van der Waals surface area contributed by atoms with Gasteiger partial charge in [0.15, 0.2) is 12.4 Å². The maximum atomic E-state index is 12.5. The van der Waals surface area contributed by atoms with E-state index in [0.29, 0.717) is 34.6 Å². The molecule has 0 spiro atoms. The number of phenolic OH excluding ortho intramolecular Hbond substituents is 1. The van der Waals surface area contributed by atoms with Crippen LogP contribution in [0.2, 0.25) is 10.0 Å². The molecule has 144 valence electrons. The standard InChI is InChI=1S/C19H19Cl2NO5/c1-11(27-17-6-4-13(20)10-14(17)21)18(24)22-15-9-12(3-5-16(15)23)19-25-7-2-8-26-19/h3-6,9-11,19,23H,2,7-8H2,1H3,(H,22,24). The van der Waals surface area contributed by atoms with E-state index in [0.717, 1.165) is 6.42 Å². The number of aromatic hydroxyl groups is 1. The van der Waals surface area contributed by atoms with E-state index in [1.807, 2.05) is 0 Å². The van der Waals surface area contributed by atoms with Crippen molar-refractivity contribution in [3.63, 3.8) is 0 Å². The first-order chi connectivity index (χ1) is 12.9. The van der Waals surface area contributed by atoms with Crippen molar-refractivity contribution in [1.29, 1.82) is 0 Å². The van der Waals surface area contributed by atoms with Crippen molar-refractivity contribution in [3.8, 4) is 11.5 Å². The van der Waals surface area contributed by atoms with E-state index in [1.54, 1.807) is 31.2 Å². The Kier molecular flexibility index (Phi) is 6.44. The summed E-state index contributed by atoms with van der Waals surface area (Å²) in [6, 6.07) is 9.52. The Bertz CT molecular complexity index is 824. The van der Waals surface area contributed by atoms with Gasteiger partial charge >= 0.3 is 0 Å². The largest absolute Gasteiger partial charge is 0.506 e. The summed E-state index contributed by atoms with van der Waals surface area (Å²) in [5.74, 6) is -0.177. The lowest BCUT2D eigenvalue weighted by atomic mass is 10.1. The predicted molar refractivity (Wildman–Crippen MR) is 103 cm³/mol. The molecule has 6 nitrogen and oxygen atoms in total. The summed E-state index contributed by atoms with van der Waals surface area (Å²) in [5.41, 5.74) is 0.949. The van der Waals surface area contributed by atoms with Gasteiger partial charge in [-0.3, -0.25) is 4.79 Å². The van der Waals surface area contributed by atoms with Crippen LogP contribution in [-0.4, -0.2) is 30.3 Å². The van der Waals surface area contributed by atoms with Crippen molar-refractivity contribution in [3.05, 3.63) is 52.0 Å². The molecule has 2 aromatic carbocycles. The molecule has 0 aromatic heterocycles. The fourth-order valence-electron chi connectivity index (χ4n) is 2.53. The number of halogens is 2. The molecule has 1 aliphatic rings. The van der Waals surface area contributed by atoms with Gasteiger partial charge in [0.25, 0.3) is 5.91 Å². The summed E-state index contributed by atoms with van der Waals surface area (Å²) in [5, 5.41) is 13.5. The first kappa shape index (κ1) is 19.8. The highest BCUT2D eigenvalue weighted by Gasteiger charge is 2.21. The van der Waals surface area contributed by atoms with Crippen molar-refractivity contribution >= 4 is 34.8 Å². The second kappa shape index (κ2) is 8.80. The van der Waals surface area contributed by atoms with E-state index in [1.165, 1.54) is 12.1 Å². The Labute approximate surface area is 166 Å². The van der Waals surface area contributed by atoms with Crippen LogP contribution >= 0.6 is 23.2 Å². The number of nitrogens with one attached hydrogen (secondary N) is 1. The van der Waals surface area contributed by atoms with Crippen molar-refractivity contribution in [2.45, 2.75) is 25.7 Å². The molecule has 1 atom stereocenters. The van der Waals surface area contributed by atoms with E-state index in [9.17, 15) is 9.90 Å². The Hall–Kier alpha value is -1.99. The third kappa shape index (κ3) is 5.05. The van der Waals surface area contributed by atoms with E-state index in [2.05, 4.69) is 5.32 Å². The molecule has 1 heterocycles. The first-order valence-electron chi connectivity index (χ1n) is 8.43. The van der Waals surface area contributed by atoms with Crippen molar-refractivity contribution in [2.75, 3.05) is 18.5 Å². The van der Waals surface area contributed by atoms with Crippen molar-refractivity contribution in [2.24, 2.45) is 0 Å². The second-order valence-electron chi connectivity index (χ2n) is 6.03. The minimum Gasteiger partial charge on any atom is -0.506 e. The summed E-state index contributed by atoms with van der Waals surface area (Å²) >= 11 is 11.9. The van der Waals surface area contributed by atoms with Crippen molar-refractivity contribution < 1.29 is 24.1 Å². The zero-order chi connectivity index (χ0) is 19.4. The summed E-state index contributed by atoms with van der Waals surface area (Å²) in [6.45, 7) is 2.77. The molecule has 1 unspecified atom stereocenters. The van der Waals surface area contributed by atoms with Crippen LogP contribution in [0.15, 0.2) is 36.4 Å². The molecule has 1 fully saturated rings. The van der Waals surface area contributed by atoms with E-state index in [4.69, 9.17) is 37.4 Å². The number of carbonyl (C=O) groups is 1. The van der Waals surface area contributed by atoms with E-state index in [-0.39, 0.29) is 11.4 Å². The Balaban J connectivity index is 1.69. The monoisotopic (exact) mass is 411 g/mol. The average Bonchev–Trinajstić information content (AvgIpc) is 2.66. The molecule has 3 rings (SSSR count). The fraction of sp³-hybridized carbons (Fsp3) is 0.316. The number of carbonyl (C=O) groups excluding carboxylic acids is 1. The number of hydrogen-bond donors (Lipinski definition) is 2. The lowest BCUT2D eigenvalue weighted by Crippen LogP contribution is -2.30. The van der Waals surface area contributed by atoms with Crippen LogP contribution in [0.5, 0.6) is 11.5 Å². The smallest absolute Gasteiger partial charge is 0.265 e. The highest BCUT2D eigenvalue weighted by molar-refractivity contribution is 6.35. The molecule has 0 radical (unpaired) electrons. The van der Waals surface area contributed by atoms with Gasteiger partial charge in [0.05, 0.1) is 23.9 Å². The number of rotatable bonds is 5. The minimum atomic E-state index is -0.853. The van der Waals surface area contributed by atoms with Gasteiger partial charge in [-0.25, -0.2) is 0 Å². The van der Waals surface area contributed by atoms with Gasteiger partial charge in [-0.05, 0) is 43.7 Å². The van der Waals surface area contributed by atoms with Gasteiger partial charge < -0.3 is 24.6 Å². The van der Waals surface area contributed by atoms with Crippen LogP contribution in [0.4, 0.5) is 5.69 Å². The summed E-state index contributed by atoms with van der Waals surface area (Å²) in [4.78, 5) is 12.5. The SMILES string of the molecule is CC(Oc1ccc(Cl)cc1Cl)C(=O)Nc1cc(C2OCCCO2)ccc1O. The molecule has 2 N–H and O–H groups in total. The normalized spacial score (nSPS) is 16.0. The van der Waals surface area contributed by atoms with Crippen LogP contribution < -0.4 is 10.1 Å². The molecule has 8 heteroatoms. The maximum absolute atomic E-state index is 12.5. The Morgan fingerprint density at radius 1 is 1.22 bits per heavy atom. The Morgan fingerprint density at radius 2 is 1.96 bits per heavy atom.